The smallest absolute Gasteiger partial charge is 0.292 e. The third-order valence-corrected chi connectivity index (χ3v) is 6.48. The second-order valence-electron chi connectivity index (χ2n) is 8.16. The maximum absolute atomic E-state index is 13.4. The van der Waals surface area contributed by atoms with E-state index in [1.807, 2.05) is 54.7 Å². The number of aromatic nitrogens is 6. The van der Waals surface area contributed by atoms with Gasteiger partial charge in [-0.2, -0.15) is 5.21 Å². The Morgan fingerprint density at radius 2 is 1.63 bits per heavy atom. The molecule has 0 saturated carbocycles. The lowest BCUT2D eigenvalue weighted by atomic mass is 9.98. The van der Waals surface area contributed by atoms with Crippen LogP contribution in [-0.4, -0.2) is 29.8 Å². The summed E-state index contributed by atoms with van der Waals surface area (Å²) in [5.74, 6) is 0.542. The molecule has 3 aromatic carbocycles. The maximum Gasteiger partial charge on any atom is 0.333 e. The quantitative estimate of drug-likeness (QED) is 0.304. The molecular formula is C26H22Cl2N6O. The van der Waals surface area contributed by atoms with Crippen LogP contribution in [0, 0.1) is 0 Å². The minimum atomic E-state index is -0.171. The summed E-state index contributed by atoms with van der Waals surface area (Å²) in [4.78, 5) is 13.4. The van der Waals surface area contributed by atoms with Crippen molar-refractivity contribution in [3.05, 3.63) is 105 Å². The predicted octanol–water partition coefficient (Wildman–Crippen LogP) is 5.79. The van der Waals surface area contributed by atoms with Crippen LogP contribution in [0.2, 0.25) is 10.0 Å². The Bertz CT molecular complexity index is 1500. The van der Waals surface area contributed by atoms with Crippen molar-refractivity contribution in [3.8, 4) is 28.2 Å². The highest BCUT2D eigenvalue weighted by molar-refractivity contribution is 6.37. The number of para-hydroxylation sites is 1. The van der Waals surface area contributed by atoms with Gasteiger partial charge in [0.15, 0.2) is 0 Å². The van der Waals surface area contributed by atoms with Gasteiger partial charge < -0.3 is 0 Å². The number of aromatic amines is 1. The number of hydrogen-bond donors (Lipinski definition) is 1. The van der Waals surface area contributed by atoms with Crippen molar-refractivity contribution >= 4 is 23.2 Å². The zero-order valence-corrected chi connectivity index (χ0v) is 20.5. The highest BCUT2D eigenvalue weighted by Crippen LogP contribution is 2.30. The van der Waals surface area contributed by atoms with Gasteiger partial charge in [-0.1, -0.05) is 91.1 Å². The molecule has 0 saturated heterocycles. The third-order valence-electron chi connectivity index (χ3n) is 5.87. The van der Waals surface area contributed by atoms with E-state index in [1.54, 1.807) is 27.3 Å². The minimum Gasteiger partial charge on any atom is -0.292 e. The van der Waals surface area contributed by atoms with Crippen molar-refractivity contribution in [2.24, 2.45) is 0 Å². The highest BCUT2D eigenvalue weighted by Gasteiger charge is 2.17. The van der Waals surface area contributed by atoms with Gasteiger partial charge in [-0.15, -0.1) is 10.2 Å². The number of benzene rings is 3. The molecule has 9 heteroatoms. The molecule has 0 fully saturated rings. The first-order chi connectivity index (χ1) is 17.1. The summed E-state index contributed by atoms with van der Waals surface area (Å²) in [6.45, 7) is 2.53. The molecule has 0 aliphatic carbocycles. The number of imidazole rings is 1. The van der Waals surface area contributed by atoms with Gasteiger partial charge in [0.05, 0.1) is 22.3 Å². The fourth-order valence-electron chi connectivity index (χ4n) is 4.21. The number of nitrogens with zero attached hydrogens (tertiary/aromatic N) is 5. The molecule has 0 atom stereocenters. The summed E-state index contributed by atoms with van der Waals surface area (Å²) in [7, 11) is 0. The van der Waals surface area contributed by atoms with E-state index < -0.39 is 0 Å². The molecule has 2 heterocycles. The van der Waals surface area contributed by atoms with Gasteiger partial charge in [0, 0.05) is 17.5 Å². The van der Waals surface area contributed by atoms with Gasteiger partial charge in [-0.3, -0.25) is 9.13 Å². The van der Waals surface area contributed by atoms with Crippen molar-refractivity contribution in [1.82, 2.24) is 29.8 Å². The van der Waals surface area contributed by atoms with Crippen molar-refractivity contribution < 1.29 is 0 Å². The molecule has 0 radical (unpaired) electrons. The Kier molecular flexibility index (Phi) is 6.53. The summed E-state index contributed by atoms with van der Waals surface area (Å²) < 4.78 is 3.33. The normalized spacial score (nSPS) is 11.2. The van der Waals surface area contributed by atoms with Crippen LogP contribution < -0.4 is 5.69 Å². The number of tetrazole rings is 1. The lowest BCUT2D eigenvalue weighted by molar-refractivity contribution is 0.691. The molecule has 0 aliphatic heterocycles. The van der Waals surface area contributed by atoms with Crippen molar-refractivity contribution in [2.75, 3.05) is 0 Å². The van der Waals surface area contributed by atoms with E-state index in [9.17, 15) is 4.79 Å². The molecule has 5 aromatic rings. The SMILES string of the molecule is CCCc1cn(-c2c(Cl)cccc2Cl)c(=O)n1Cc1ccc(-c2ccccc2-c2nn[nH]n2)cc1. The van der Waals surface area contributed by atoms with Crippen LogP contribution in [0.5, 0.6) is 0 Å². The van der Waals surface area contributed by atoms with Gasteiger partial charge in [0.25, 0.3) is 0 Å². The fourth-order valence-corrected chi connectivity index (χ4v) is 4.79. The van der Waals surface area contributed by atoms with E-state index >= 15 is 0 Å². The molecule has 5 rings (SSSR count). The van der Waals surface area contributed by atoms with Gasteiger partial charge in [-0.05, 0) is 40.5 Å². The molecule has 0 bridgehead atoms. The second kappa shape index (κ2) is 9.90. The number of aryl methyl sites for hydroxylation is 1. The van der Waals surface area contributed by atoms with Crippen LogP contribution in [-0.2, 0) is 13.0 Å². The van der Waals surface area contributed by atoms with E-state index in [4.69, 9.17) is 23.2 Å². The Morgan fingerprint density at radius 1 is 0.914 bits per heavy atom. The van der Waals surface area contributed by atoms with Crippen molar-refractivity contribution in [1.29, 1.82) is 0 Å². The number of rotatable bonds is 7. The Morgan fingerprint density at radius 3 is 2.29 bits per heavy atom. The van der Waals surface area contributed by atoms with E-state index in [2.05, 4.69) is 27.5 Å². The summed E-state index contributed by atoms with van der Waals surface area (Å²) in [6, 6.07) is 21.3. The first kappa shape index (κ1) is 23.1. The zero-order chi connectivity index (χ0) is 24.4. The summed E-state index contributed by atoms with van der Waals surface area (Å²) in [6.07, 6.45) is 3.51. The molecule has 1 N–H and O–H groups in total. The van der Waals surface area contributed by atoms with Gasteiger partial charge in [0.1, 0.15) is 0 Å². The lowest BCUT2D eigenvalue weighted by Crippen LogP contribution is -2.25. The number of halogens is 2. The highest BCUT2D eigenvalue weighted by atomic mass is 35.5. The molecular weight excluding hydrogens is 483 g/mol. The van der Waals surface area contributed by atoms with E-state index in [0.29, 0.717) is 28.1 Å². The Balaban J connectivity index is 1.49. The van der Waals surface area contributed by atoms with Crippen LogP contribution >= 0.6 is 23.2 Å². The molecule has 0 amide bonds. The standard InChI is InChI=1S/C26H22Cl2N6O/c1-2-6-19-16-34(24-22(27)9-5-10-23(24)28)26(35)33(19)15-17-11-13-18(14-12-17)20-7-3-4-8-21(20)25-29-31-32-30-25/h3-5,7-14,16H,2,6,15H2,1H3,(H,29,30,31,32). The van der Waals surface area contributed by atoms with E-state index in [1.165, 1.54) is 0 Å². The van der Waals surface area contributed by atoms with Crippen molar-refractivity contribution in [3.63, 3.8) is 0 Å². The number of H-pyrrole nitrogens is 1. The van der Waals surface area contributed by atoms with E-state index in [0.717, 1.165) is 40.8 Å². The van der Waals surface area contributed by atoms with Gasteiger partial charge >= 0.3 is 5.69 Å². The van der Waals surface area contributed by atoms with E-state index in [-0.39, 0.29) is 5.69 Å². The number of hydrogen-bond acceptors (Lipinski definition) is 4. The first-order valence-corrected chi connectivity index (χ1v) is 12.0. The third kappa shape index (κ3) is 4.52. The van der Waals surface area contributed by atoms with Crippen LogP contribution in [0.25, 0.3) is 28.2 Å². The zero-order valence-electron chi connectivity index (χ0n) is 18.9. The van der Waals surface area contributed by atoms with Crippen LogP contribution in [0.15, 0.2) is 77.7 Å². The van der Waals surface area contributed by atoms with Gasteiger partial charge in [-0.25, -0.2) is 4.79 Å². The lowest BCUT2D eigenvalue weighted by Gasteiger charge is -2.10. The Labute approximate surface area is 212 Å². The Hall–Kier alpha value is -3.68. The number of nitrogens with one attached hydrogen (secondary N) is 1. The first-order valence-electron chi connectivity index (χ1n) is 11.2. The van der Waals surface area contributed by atoms with Crippen LogP contribution in [0.3, 0.4) is 0 Å². The molecule has 0 aliphatic rings. The summed E-state index contributed by atoms with van der Waals surface area (Å²) in [5.41, 5.74) is 5.19. The summed E-state index contributed by atoms with van der Waals surface area (Å²) >= 11 is 12.8. The fraction of sp³-hybridized carbons (Fsp3) is 0.154. The summed E-state index contributed by atoms with van der Waals surface area (Å²) in [5, 5.41) is 15.3. The molecule has 2 aromatic heterocycles. The average Bonchev–Trinajstić information content (AvgIpc) is 3.50. The molecule has 7 nitrogen and oxygen atoms in total. The second-order valence-corrected chi connectivity index (χ2v) is 8.97. The molecule has 0 spiro atoms. The topological polar surface area (TPSA) is 81.4 Å². The predicted molar refractivity (Wildman–Crippen MR) is 138 cm³/mol. The monoisotopic (exact) mass is 504 g/mol. The van der Waals surface area contributed by atoms with Crippen LogP contribution in [0.1, 0.15) is 24.6 Å². The largest absolute Gasteiger partial charge is 0.333 e. The molecule has 35 heavy (non-hydrogen) atoms. The molecule has 0 unspecified atom stereocenters. The maximum atomic E-state index is 13.4. The minimum absolute atomic E-state index is 0.171. The molecule has 176 valence electrons. The van der Waals surface area contributed by atoms with Crippen molar-refractivity contribution in [2.45, 2.75) is 26.3 Å². The van der Waals surface area contributed by atoms with Gasteiger partial charge in [0.2, 0.25) is 5.82 Å². The van der Waals surface area contributed by atoms with Crippen LogP contribution in [0.4, 0.5) is 0 Å². The average molecular weight is 505 g/mol.